The van der Waals surface area contributed by atoms with Crippen LogP contribution in [0.25, 0.3) is 11.3 Å². The normalized spacial score (nSPS) is 16.5. The van der Waals surface area contributed by atoms with E-state index in [4.69, 9.17) is 4.74 Å². The maximum Gasteiger partial charge on any atom is 0.357 e. The van der Waals surface area contributed by atoms with Gasteiger partial charge < -0.3 is 9.64 Å². The summed E-state index contributed by atoms with van der Waals surface area (Å²) < 4.78 is 5.42. The van der Waals surface area contributed by atoms with E-state index in [0.29, 0.717) is 5.69 Å². The molecular formula is C22H21N3O3. The molecule has 28 heavy (non-hydrogen) atoms. The molecule has 1 amide bonds. The molecule has 0 aliphatic carbocycles. The molecule has 2 atom stereocenters. The Morgan fingerprint density at radius 1 is 1.14 bits per heavy atom. The molecule has 4 rings (SSSR count). The number of H-pyrrole nitrogens is 1. The van der Waals surface area contributed by atoms with Crippen molar-refractivity contribution in [2.45, 2.75) is 32.4 Å². The lowest BCUT2D eigenvalue weighted by Crippen LogP contribution is -2.43. The highest BCUT2D eigenvalue weighted by Gasteiger charge is 2.34. The van der Waals surface area contributed by atoms with Crippen LogP contribution in [0.4, 0.5) is 5.69 Å². The highest BCUT2D eigenvalue weighted by Crippen LogP contribution is 2.32. The second kappa shape index (κ2) is 7.31. The highest BCUT2D eigenvalue weighted by atomic mass is 16.5. The Hall–Kier alpha value is -3.41. The number of nitrogens with zero attached hydrogens (tertiary/aromatic N) is 2. The summed E-state index contributed by atoms with van der Waals surface area (Å²) in [5, 5.41) is 6.85. The van der Waals surface area contributed by atoms with Gasteiger partial charge in [0.1, 0.15) is 5.69 Å². The second-order valence-corrected chi connectivity index (χ2v) is 6.97. The Kier molecular flexibility index (Phi) is 4.69. The van der Waals surface area contributed by atoms with Gasteiger partial charge in [-0.3, -0.25) is 9.89 Å². The zero-order valence-corrected chi connectivity index (χ0v) is 15.8. The van der Waals surface area contributed by atoms with Crippen LogP contribution in [-0.4, -0.2) is 34.2 Å². The van der Waals surface area contributed by atoms with Crippen LogP contribution in [0.1, 0.15) is 29.9 Å². The molecular weight excluding hydrogens is 354 g/mol. The minimum absolute atomic E-state index is 0.0305. The molecule has 0 fully saturated rings. The van der Waals surface area contributed by atoms with Gasteiger partial charge in [-0.1, -0.05) is 48.5 Å². The number of anilines is 1. The zero-order valence-electron chi connectivity index (χ0n) is 15.8. The summed E-state index contributed by atoms with van der Waals surface area (Å²) in [6, 6.07) is 19.0. The monoisotopic (exact) mass is 375 g/mol. The van der Waals surface area contributed by atoms with Crippen molar-refractivity contribution in [3.8, 4) is 11.3 Å². The molecule has 0 bridgehead atoms. The quantitative estimate of drug-likeness (QED) is 0.707. The predicted molar refractivity (Wildman–Crippen MR) is 106 cm³/mol. The number of aromatic amines is 1. The Morgan fingerprint density at radius 3 is 2.64 bits per heavy atom. The first-order valence-corrected chi connectivity index (χ1v) is 9.27. The van der Waals surface area contributed by atoms with Gasteiger partial charge in [0.25, 0.3) is 5.91 Å². The summed E-state index contributed by atoms with van der Waals surface area (Å²) in [5.74, 6) is -0.829. The molecule has 2 aromatic carbocycles. The minimum atomic E-state index is -0.899. The molecule has 0 saturated carbocycles. The van der Waals surface area contributed by atoms with Crippen molar-refractivity contribution < 1.29 is 14.3 Å². The number of hydrogen-bond donors (Lipinski definition) is 1. The van der Waals surface area contributed by atoms with E-state index >= 15 is 0 Å². The number of esters is 1. The van der Waals surface area contributed by atoms with E-state index in [1.165, 1.54) is 0 Å². The summed E-state index contributed by atoms with van der Waals surface area (Å²) >= 11 is 0. The molecule has 0 unspecified atom stereocenters. The van der Waals surface area contributed by atoms with E-state index in [0.717, 1.165) is 23.2 Å². The molecule has 6 heteroatoms. The van der Waals surface area contributed by atoms with Gasteiger partial charge in [-0.25, -0.2) is 4.79 Å². The third-order valence-electron chi connectivity index (χ3n) is 4.94. The molecule has 1 N–H and O–H groups in total. The number of fused-ring (bicyclic) bond motifs is 1. The number of nitrogens with one attached hydrogen (secondary N) is 1. The number of ether oxygens (including phenoxy) is 1. The number of hydrogen-bond acceptors (Lipinski definition) is 4. The fourth-order valence-corrected chi connectivity index (χ4v) is 3.55. The lowest BCUT2D eigenvalue weighted by Gasteiger charge is -2.25. The summed E-state index contributed by atoms with van der Waals surface area (Å²) in [5.41, 5.74) is 3.77. The molecule has 142 valence electrons. The van der Waals surface area contributed by atoms with Crippen LogP contribution >= 0.6 is 0 Å². The molecule has 1 aliphatic rings. The van der Waals surface area contributed by atoms with Gasteiger partial charge in [0, 0.05) is 17.3 Å². The van der Waals surface area contributed by atoms with Crippen molar-refractivity contribution in [1.29, 1.82) is 0 Å². The van der Waals surface area contributed by atoms with Crippen molar-refractivity contribution in [2.75, 3.05) is 4.90 Å². The molecule has 1 aromatic heterocycles. The van der Waals surface area contributed by atoms with E-state index in [9.17, 15) is 9.59 Å². The summed E-state index contributed by atoms with van der Waals surface area (Å²) in [6.45, 7) is 3.59. The number of rotatable bonds is 4. The van der Waals surface area contributed by atoms with Crippen LogP contribution in [0.2, 0.25) is 0 Å². The van der Waals surface area contributed by atoms with Gasteiger partial charge in [0.2, 0.25) is 0 Å². The fraction of sp³-hybridized carbons (Fsp3) is 0.227. The Labute approximate surface area is 163 Å². The third kappa shape index (κ3) is 3.29. The molecule has 0 saturated heterocycles. The Balaban J connectivity index is 1.47. The van der Waals surface area contributed by atoms with E-state index in [1.807, 2.05) is 61.5 Å². The molecule has 1 aliphatic heterocycles. The first-order chi connectivity index (χ1) is 13.5. The van der Waals surface area contributed by atoms with Crippen molar-refractivity contribution in [3.05, 3.63) is 71.9 Å². The van der Waals surface area contributed by atoms with E-state index in [-0.39, 0.29) is 17.6 Å². The number of carbonyl (C=O) groups is 2. The minimum Gasteiger partial charge on any atom is -0.448 e. The van der Waals surface area contributed by atoms with Crippen LogP contribution in [0.15, 0.2) is 60.7 Å². The summed E-state index contributed by atoms with van der Waals surface area (Å²) in [7, 11) is 0. The largest absolute Gasteiger partial charge is 0.448 e. The third-order valence-corrected chi connectivity index (χ3v) is 4.94. The summed E-state index contributed by atoms with van der Waals surface area (Å²) in [4.78, 5) is 27.1. The van der Waals surface area contributed by atoms with Crippen molar-refractivity contribution in [3.63, 3.8) is 0 Å². The molecule has 3 aromatic rings. The molecule has 2 heterocycles. The van der Waals surface area contributed by atoms with Crippen molar-refractivity contribution >= 4 is 17.6 Å². The fourth-order valence-electron chi connectivity index (χ4n) is 3.55. The van der Waals surface area contributed by atoms with Crippen LogP contribution in [-0.2, 0) is 16.0 Å². The Morgan fingerprint density at radius 2 is 1.86 bits per heavy atom. The average molecular weight is 375 g/mol. The Bertz CT molecular complexity index is 1010. The van der Waals surface area contributed by atoms with Gasteiger partial charge in [0.05, 0.1) is 5.69 Å². The summed E-state index contributed by atoms with van der Waals surface area (Å²) in [6.07, 6.45) is -0.103. The average Bonchev–Trinajstić information content (AvgIpc) is 3.32. The maximum absolute atomic E-state index is 12.9. The molecule has 0 spiro atoms. The van der Waals surface area contributed by atoms with Crippen LogP contribution in [0, 0.1) is 0 Å². The van der Waals surface area contributed by atoms with Crippen LogP contribution in [0.3, 0.4) is 0 Å². The SMILES string of the molecule is C[C@H](OC(=O)c1cc(-c2ccccc2)n[nH]1)C(=O)N1c2ccccc2C[C@@H]1C. The molecule has 6 nitrogen and oxygen atoms in total. The van der Waals surface area contributed by atoms with Gasteiger partial charge in [-0.05, 0) is 38.0 Å². The van der Waals surface area contributed by atoms with Gasteiger partial charge in [-0.15, -0.1) is 0 Å². The lowest BCUT2D eigenvalue weighted by atomic mass is 10.1. The van der Waals surface area contributed by atoms with E-state index in [1.54, 1.807) is 17.9 Å². The van der Waals surface area contributed by atoms with Crippen molar-refractivity contribution in [1.82, 2.24) is 10.2 Å². The van der Waals surface area contributed by atoms with Gasteiger partial charge in [-0.2, -0.15) is 5.10 Å². The highest BCUT2D eigenvalue weighted by molar-refractivity contribution is 6.00. The van der Waals surface area contributed by atoms with Gasteiger partial charge in [0.15, 0.2) is 6.10 Å². The smallest absolute Gasteiger partial charge is 0.357 e. The van der Waals surface area contributed by atoms with E-state index < -0.39 is 12.1 Å². The number of benzene rings is 2. The number of carbonyl (C=O) groups excluding carboxylic acids is 2. The number of aromatic nitrogens is 2. The first kappa shape index (κ1) is 18.0. The molecule has 0 radical (unpaired) electrons. The second-order valence-electron chi connectivity index (χ2n) is 6.97. The lowest BCUT2D eigenvalue weighted by molar-refractivity contribution is -0.126. The van der Waals surface area contributed by atoms with Crippen LogP contribution < -0.4 is 4.90 Å². The first-order valence-electron chi connectivity index (χ1n) is 9.27. The standard InChI is InChI=1S/C22H21N3O3/c1-14-12-17-10-6-7-11-20(17)25(14)21(26)15(2)28-22(27)19-13-18(23-24-19)16-8-4-3-5-9-16/h3-11,13-15H,12H2,1-2H3,(H,23,24)/t14-,15-/m0/s1. The van der Waals surface area contributed by atoms with Gasteiger partial charge >= 0.3 is 5.97 Å². The zero-order chi connectivity index (χ0) is 19.7. The number of para-hydroxylation sites is 1. The van der Waals surface area contributed by atoms with E-state index in [2.05, 4.69) is 10.2 Å². The van der Waals surface area contributed by atoms with Crippen LogP contribution in [0.5, 0.6) is 0 Å². The number of amides is 1. The maximum atomic E-state index is 12.9. The predicted octanol–water partition coefficient (Wildman–Crippen LogP) is 3.60. The van der Waals surface area contributed by atoms with Crippen molar-refractivity contribution in [2.24, 2.45) is 0 Å². The topological polar surface area (TPSA) is 75.3 Å².